The summed E-state index contributed by atoms with van der Waals surface area (Å²) >= 11 is 0. The van der Waals surface area contributed by atoms with Gasteiger partial charge in [-0.25, -0.2) is 0 Å². The number of hydrogen-bond donors (Lipinski definition) is 2. The van der Waals surface area contributed by atoms with Crippen LogP contribution in [0.3, 0.4) is 0 Å². The zero-order valence-corrected chi connectivity index (χ0v) is 9.62. The van der Waals surface area contributed by atoms with E-state index in [2.05, 4.69) is 5.32 Å². The summed E-state index contributed by atoms with van der Waals surface area (Å²) < 4.78 is 0. The standard InChI is InChI=1S/C11H12N2O5/c1-7(6-10(14)15)12-11(16)8-2-4-9(5-3-8)13(17)18/h2-5,7H,6H2,1H3,(H,12,16)(H,14,15)/t7-/m1/s1. The molecule has 0 aliphatic carbocycles. The molecular formula is C11H12N2O5. The van der Waals surface area contributed by atoms with Gasteiger partial charge in [-0.15, -0.1) is 0 Å². The van der Waals surface area contributed by atoms with Gasteiger partial charge < -0.3 is 10.4 Å². The zero-order valence-electron chi connectivity index (χ0n) is 9.62. The number of carbonyl (C=O) groups excluding carboxylic acids is 1. The number of nitrogens with one attached hydrogen (secondary N) is 1. The lowest BCUT2D eigenvalue weighted by Gasteiger charge is -2.11. The van der Waals surface area contributed by atoms with Crippen LogP contribution < -0.4 is 5.32 Å². The van der Waals surface area contributed by atoms with Crippen LogP contribution in [0.4, 0.5) is 5.69 Å². The van der Waals surface area contributed by atoms with Crippen molar-refractivity contribution in [2.75, 3.05) is 0 Å². The number of hydrogen-bond acceptors (Lipinski definition) is 4. The molecule has 0 spiro atoms. The number of nitrogens with zero attached hydrogens (tertiary/aromatic N) is 1. The van der Waals surface area contributed by atoms with E-state index in [9.17, 15) is 19.7 Å². The lowest BCUT2D eigenvalue weighted by molar-refractivity contribution is -0.384. The predicted octanol–water partition coefficient (Wildman–Crippen LogP) is 1.19. The second-order valence-corrected chi connectivity index (χ2v) is 3.78. The molecule has 1 atom stereocenters. The van der Waals surface area contributed by atoms with E-state index in [1.807, 2.05) is 0 Å². The van der Waals surface area contributed by atoms with E-state index in [0.717, 1.165) is 0 Å². The molecule has 0 fully saturated rings. The first-order valence-electron chi connectivity index (χ1n) is 5.17. The Hall–Kier alpha value is -2.44. The number of aliphatic carboxylic acids is 1. The minimum absolute atomic E-state index is 0.106. The van der Waals surface area contributed by atoms with Crippen molar-refractivity contribution in [3.8, 4) is 0 Å². The Morgan fingerprint density at radius 3 is 2.39 bits per heavy atom. The quantitative estimate of drug-likeness (QED) is 0.604. The summed E-state index contributed by atoms with van der Waals surface area (Å²) in [6, 6.07) is 4.57. The van der Waals surface area contributed by atoms with Crippen molar-refractivity contribution < 1.29 is 19.6 Å². The van der Waals surface area contributed by atoms with Crippen LogP contribution in [0.5, 0.6) is 0 Å². The highest BCUT2D eigenvalue weighted by atomic mass is 16.6. The lowest BCUT2D eigenvalue weighted by atomic mass is 10.1. The Bertz CT molecular complexity index is 469. The SMILES string of the molecule is C[C@H](CC(=O)O)NC(=O)c1ccc([N+](=O)[O-])cc1. The lowest BCUT2D eigenvalue weighted by Crippen LogP contribution is -2.34. The third kappa shape index (κ3) is 3.85. The molecule has 1 aromatic carbocycles. The second-order valence-electron chi connectivity index (χ2n) is 3.78. The predicted molar refractivity (Wildman–Crippen MR) is 62.3 cm³/mol. The Morgan fingerprint density at radius 2 is 1.94 bits per heavy atom. The molecule has 1 rings (SSSR count). The molecule has 0 heterocycles. The van der Waals surface area contributed by atoms with Crippen molar-refractivity contribution in [3.05, 3.63) is 39.9 Å². The number of benzene rings is 1. The molecule has 96 valence electrons. The smallest absolute Gasteiger partial charge is 0.305 e. The number of amides is 1. The van der Waals surface area contributed by atoms with Gasteiger partial charge in [0.2, 0.25) is 0 Å². The van der Waals surface area contributed by atoms with Crippen LogP contribution in [-0.4, -0.2) is 27.9 Å². The number of carbonyl (C=O) groups is 2. The van der Waals surface area contributed by atoms with E-state index >= 15 is 0 Å². The molecule has 7 heteroatoms. The third-order valence-corrected chi connectivity index (χ3v) is 2.20. The fourth-order valence-electron chi connectivity index (χ4n) is 1.35. The molecule has 2 N–H and O–H groups in total. The average molecular weight is 252 g/mol. The van der Waals surface area contributed by atoms with Crippen LogP contribution in [0.2, 0.25) is 0 Å². The average Bonchev–Trinajstić information content (AvgIpc) is 2.27. The van der Waals surface area contributed by atoms with Crippen molar-refractivity contribution in [3.63, 3.8) is 0 Å². The van der Waals surface area contributed by atoms with Crippen molar-refractivity contribution in [1.82, 2.24) is 5.32 Å². The Kier molecular flexibility index (Phi) is 4.36. The van der Waals surface area contributed by atoms with Gasteiger partial charge in [-0.3, -0.25) is 19.7 Å². The van der Waals surface area contributed by atoms with Crippen LogP contribution >= 0.6 is 0 Å². The summed E-state index contributed by atoms with van der Waals surface area (Å²) in [4.78, 5) is 31.9. The number of carboxylic acids is 1. The third-order valence-electron chi connectivity index (χ3n) is 2.20. The van der Waals surface area contributed by atoms with Crippen LogP contribution in [0.15, 0.2) is 24.3 Å². The number of nitro groups is 1. The van der Waals surface area contributed by atoms with Gasteiger partial charge >= 0.3 is 5.97 Å². The molecule has 1 amide bonds. The molecule has 0 bridgehead atoms. The largest absolute Gasteiger partial charge is 0.481 e. The van der Waals surface area contributed by atoms with E-state index in [1.165, 1.54) is 24.3 Å². The summed E-state index contributed by atoms with van der Waals surface area (Å²) in [5.74, 6) is -1.47. The number of nitro benzene ring substituents is 1. The van der Waals surface area contributed by atoms with Gasteiger partial charge in [0, 0.05) is 23.7 Å². The van der Waals surface area contributed by atoms with Gasteiger partial charge in [0.15, 0.2) is 0 Å². The first-order chi connectivity index (χ1) is 8.40. The molecule has 0 saturated heterocycles. The molecule has 0 aliphatic heterocycles. The number of carboxylic acid groups (broad SMARTS) is 1. The molecule has 7 nitrogen and oxygen atoms in total. The highest BCUT2D eigenvalue weighted by Crippen LogP contribution is 2.11. The maximum Gasteiger partial charge on any atom is 0.305 e. The van der Waals surface area contributed by atoms with Crippen LogP contribution in [0, 0.1) is 10.1 Å². The maximum atomic E-state index is 11.6. The monoisotopic (exact) mass is 252 g/mol. The molecule has 18 heavy (non-hydrogen) atoms. The second kappa shape index (κ2) is 5.76. The van der Waals surface area contributed by atoms with Gasteiger partial charge in [-0.2, -0.15) is 0 Å². The fourth-order valence-corrected chi connectivity index (χ4v) is 1.35. The topological polar surface area (TPSA) is 110 Å². The summed E-state index contributed by atoms with van der Waals surface area (Å²) in [6.45, 7) is 1.57. The fraction of sp³-hybridized carbons (Fsp3) is 0.273. The van der Waals surface area contributed by atoms with E-state index in [-0.39, 0.29) is 17.7 Å². The highest BCUT2D eigenvalue weighted by Gasteiger charge is 2.13. The summed E-state index contributed by atoms with van der Waals surface area (Å²) in [5.41, 5.74) is 0.142. The molecule has 0 aliphatic rings. The van der Waals surface area contributed by atoms with Crippen LogP contribution in [0.25, 0.3) is 0 Å². The molecule has 0 unspecified atom stereocenters. The van der Waals surface area contributed by atoms with E-state index in [4.69, 9.17) is 5.11 Å². The summed E-state index contributed by atoms with van der Waals surface area (Å²) in [5, 5.41) is 21.4. The Morgan fingerprint density at radius 1 is 1.39 bits per heavy atom. The first-order valence-corrected chi connectivity index (χ1v) is 5.17. The molecule has 1 aromatic rings. The van der Waals surface area contributed by atoms with Crippen molar-refractivity contribution in [2.24, 2.45) is 0 Å². The van der Waals surface area contributed by atoms with Gasteiger partial charge in [0.05, 0.1) is 11.3 Å². The van der Waals surface area contributed by atoms with Crippen molar-refractivity contribution in [2.45, 2.75) is 19.4 Å². The van der Waals surface area contributed by atoms with Gasteiger partial charge in [0.1, 0.15) is 0 Å². The van der Waals surface area contributed by atoms with Crippen LogP contribution in [-0.2, 0) is 4.79 Å². The minimum Gasteiger partial charge on any atom is -0.481 e. The molecule has 0 radical (unpaired) electrons. The van der Waals surface area contributed by atoms with E-state index in [1.54, 1.807) is 6.92 Å². The zero-order chi connectivity index (χ0) is 13.7. The van der Waals surface area contributed by atoms with Crippen molar-refractivity contribution >= 4 is 17.6 Å². The first kappa shape index (κ1) is 13.6. The molecular weight excluding hydrogens is 240 g/mol. The Balaban J connectivity index is 2.67. The van der Waals surface area contributed by atoms with Crippen molar-refractivity contribution in [1.29, 1.82) is 0 Å². The number of rotatable bonds is 5. The van der Waals surface area contributed by atoms with E-state index < -0.39 is 22.8 Å². The normalized spacial score (nSPS) is 11.6. The summed E-state index contributed by atoms with van der Waals surface area (Å²) in [7, 11) is 0. The molecule has 0 aromatic heterocycles. The van der Waals surface area contributed by atoms with Gasteiger partial charge in [-0.05, 0) is 19.1 Å². The highest BCUT2D eigenvalue weighted by molar-refractivity contribution is 5.94. The Labute approximate surface area is 103 Å². The molecule has 0 saturated carbocycles. The van der Waals surface area contributed by atoms with E-state index in [0.29, 0.717) is 0 Å². The number of non-ortho nitro benzene ring substituents is 1. The minimum atomic E-state index is -1.01. The van der Waals surface area contributed by atoms with Gasteiger partial charge in [-0.1, -0.05) is 0 Å². The van der Waals surface area contributed by atoms with Gasteiger partial charge in [0.25, 0.3) is 11.6 Å². The van der Waals surface area contributed by atoms with Crippen LogP contribution in [0.1, 0.15) is 23.7 Å². The summed E-state index contributed by atoms with van der Waals surface area (Å²) in [6.07, 6.45) is -0.182. The maximum absolute atomic E-state index is 11.6.